The molecule has 0 saturated carbocycles. The molecule has 0 radical (unpaired) electrons. The van der Waals surface area contributed by atoms with E-state index >= 15 is 0 Å². The van der Waals surface area contributed by atoms with Crippen LogP contribution < -0.4 is 10.6 Å². The Labute approximate surface area is 175 Å². The molecule has 3 N–H and O–H groups in total. The highest BCUT2D eigenvalue weighted by Crippen LogP contribution is 2.31. The number of aromatic nitrogens is 2. The molecular weight excluding hydrogens is 421 g/mol. The van der Waals surface area contributed by atoms with Crippen molar-refractivity contribution in [2.75, 3.05) is 6.54 Å². The molecule has 1 heterocycles. The average Bonchev–Trinajstić information content (AvgIpc) is 3.10. The standard InChI is InChI=1S/C19H21F3N4O5/c1-18(2,3)31-17(30)23-9-13(16(28)29)24-15(27)12-10-26(11-7-5-4-6-8-11)25-14(12)19(20,21)22/h4-8,10,13H,9H2,1-3H3,(H,23,30)(H,24,27)(H,28,29). The molecule has 12 heteroatoms. The maximum Gasteiger partial charge on any atom is 0.435 e. The molecule has 9 nitrogen and oxygen atoms in total. The smallest absolute Gasteiger partial charge is 0.435 e. The Morgan fingerprint density at radius 1 is 1.16 bits per heavy atom. The van der Waals surface area contributed by atoms with E-state index in [2.05, 4.69) is 10.4 Å². The minimum absolute atomic E-state index is 0.272. The van der Waals surface area contributed by atoms with Crippen molar-refractivity contribution in [1.82, 2.24) is 20.4 Å². The van der Waals surface area contributed by atoms with Gasteiger partial charge in [0.05, 0.1) is 17.8 Å². The molecule has 0 saturated heterocycles. The molecule has 1 atom stereocenters. The number of carbonyl (C=O) groups is 3. The van der Waals surface area contributed by atoms with Crippen LogP contribution in [0.1, 0.15) is 36.8 Å². The van der Waals surface area contributed by atoms with Gasteiger partial charge in [-0.25, -0.2) is 14.3 Å². The summed E-state index contributed by atoms with van der Waals surface area (Å²) in [6.45, 7) is 4.16. The van der Waals surface area contributed by atoms with Gasteiger partial charge < -0.3 is 20.5 Å². The first kappa shape index (κ1) is 23.7. The van der Waals surface area contributed by atoms with E-state index in [0.717, 1.165) is 10.9 Å². The summed E-state index contributed by atoms with van der Waals surface area (Å²) >= 11 is 0. The number of alkyl carbamates (subject to hydrolysis) is 1. The van der Waals surface area contributed by atoms with E-state index in [1.165, 1.54) is 12.1 Å². The number of ether oxygens (including phenoxy) is 1. The highest BCUT2D eigenvalue weighted by molar-refractivity contribution is 5.97. The Hall–Kier alpha value is -3.57. The monoisotopic (exact) mass is 442 g/mol. The number of rotatable bonds is 6. The van der Waals surface area contributed by atoms with Crippen molar-refractivity contribution in [3.8, 4) is 5.69 Å². The van der Waals surface area contributed by atoms with Crippen LogP contribution in [0.2, 0.25) is 0 Å². The fourth-order valence-corrected chi connectivity index (χ4v) is 2.40. The normalized spacial score (nSPS) is 12.7. The van der Waals surface area contributed by atoms with Crippen molar-refractivity contribution in [2.24, 2.45) is 0 Å². The number of alkyl halides is 3. The van der Waals surface area contributed by atoms with Crippen LogP contribution in [0.5, 0.6) is 0 Å². The largest absolute Gasteiger partial charge is 0.480 e. The average molecular weight is 442 g/mol. The number of carbonyl (C=O) groups excluding carboxylic acids is 2. The van der Waals surface area contributed by atoms with Gasteiger partial charge in [0.1, 0.15) is 11.6 Å². The van der Waals surface area contributed by atoms with Crippen molar-refractivity contribution in [3.05, 3.63) is 47.8 Å². The van der Waals surface area contributed by atoms with E-state index in [1.807, 2.05) is 5.32 Å². The molecule has 2 rings (SSSR count). The van der Waals surface area contributed by atoms with Crippen LogP contribution in [0.15, 0.2) is 36.5 Å². The molecule has 1 unspecified atom stereocenters. The number of benzene rings is 1. The molecule has 168 valence electrons. The molecule has 31 heavy (non-hydrogen) atoms. The van der Waals surface area contributed by atoms with E-state index < -0.39 is 53.6 Å². The van der Waals surface area contributed by atoms with Crippen molar-refractivity contribution >= 4 is 18.0 Å². The third-order valence-electron chi connectivity index (χ3n) is 3.70. The van der Waals surface area contributed by atoms with Crippen molar-refractivity contribution in [2.45, 2.75) is 38.6 Å². The van der Waals surface area contributed by atoms with E-state index in [9.17, 15) is 32.7 Å². The number of para-hydroxylation sites is 1. The van der Waals surface area contributed by atoms with Crippen LogP contribution in [-0.2, 0) is 15.7 Å². The number of hydrogen-bond acceptors (Lipinski definition) is 5. The van der Waals surface area contributed by atoms with Gasteiger partial charge in [0.15, 0.2) is 5.69 Å². The number of hydrogen-bond donors (Lipinski definition) is 3. The van der Waals surface area contributed by atoms with Gasteiger partial charge in [-0.1, -0.05) is 18.2 Å². The number of aliphatic carboxylic acids is 1. The van der Waals surface area contributed by atoms with E-state index in [0.29, 0.717) is 0 Å². The molecule has 2 amide bonds. The van der Waals surface area contributed by atoms with E-state index in [-0.39, 0.29) is 5.69 Å². The second-order valence-corrected chi connectivity index (χ2v) is 7.42. The summed E-state index contributed by atoms with van der Waals surface area (Å²) in [5.74, 6) is -2.87. The Morgan fingerprint density at radius 3 is 2.29 bits per heavy atom. The molecule has 0 bridgehead atoms. The quantitative estimate of drug-likeness (QED) is 0.632. The van der Waals surface area contributed by atoms with Crippen LogP contribution in [0, 0.1) is 0 Å². The molecule has 0 fully saturated rings. The molecule has 0 aliphatic carbocycles. The van der Waals surface area contributed by atoms with Crippen LogP contribution in [-0.4, -0.2) is 51.0 Å². The zero-order valence-corrected chi connectivity index (χ0v) is 16.9. The van der Waals surface area contributed by atoms with Crippen molar-refractivity contribution in [3.63, 3.8) is 0 Å². The van der Waals surface area contributed by atoms with E-state index in [1.54, 1.807) is 39.0 Å². The Balaban J connectivity index is 2.22. The number of halogens is 3. The predicted molar refractivity (Wildman–Crippen MR) is 102 cm³/mol. The fourth-order valence-electron chi connectivity index (χ4n) is 2.40. The number of nitrogens with one attached hydrogen (secondary N) is 2. The summed E-state index contributed by atoms with van der Waals surface area (Å²) in [4.78, 5) is 35.6. The molecule has 0 spiro atoms. The summed E-state index contributed by atoms with van der Waals surface area (Å²) in [6.07, 6.45) is -5.05. The van der Waals surface area contributed by atoms with Gasteiger partial charge in [-0.05, 0) is 32.9 Å². The first-order chi connectivity index (χ1) is 14.3. The zero-order chi connectivity index (χ0) is 23.4. The van der Waals surface area contributed by atoms with Gasteiger partial charge in [-0.3, -0.25) is 4.79 Å². The van der Waals surface area contributed by atoms with Crippen molar-refractivity contribution in [1.29, 1.82) is 0 Å². The van der Waals surface area contributed by atoms with Gasteiger partial charge in [-0.2, -0.15) is 18.3 Å². The zero-order valence-electron chi connectivity index (χ0n) is 16.9. The lowest BCUT2D eigenvalue weighted by Crippen LogP contribution is -2.49. The summed E-state index contributed by atoms with van der Waals surface area (Å²) in [5, 5.41) is 16.8. The first-order valence-electron chi connectivity index (χ1n) is 9.01. The van der Waals surface area contributed by atoms with Gasteiger partial charge in [0.25, 0.3) is 5.91 Å². The molecule has 0 aliphatic rings. The first-order valence-corrected chi connectivity index (χ1v) is 9.01. The topological polar surface area (TPSA) is 123 Å². The van der Waals surface area contributed by atoms with Gasteiger partial charge in [0.2, 0.25) is 0 Å². The lowest BCUT2D eigenvalue weighted by atomic mass is 10.2. The van der Waals surface area contributed by atoms with Crippen LogP contribution in [0.25, 0.3) is 5.69 Å². The number of carboxylic acid groups (broad SMARTS) is 1. The number of carboxylic acids is 1. The molecule has 2 aromatic rings. The fraction of sp³-hybridized carbons (Fsp3) is 0.368. The van der Waals surface area contributed by atoms with Gasteiger partial charge in [-0.15, -0.1) is 0 Å². The van der Waals surface area contributed by atoms with Crippen LogP contribution >= 0.6 is 0 Å². The lowest BCUT2D eigenvalue weighted by molar-refractivity contribution is -0.141. The molecule has 1 aromatic heterocycles. The molecule has 1 aromatic carbocycles. The van der Waals surface area contributed by atoms with Crippen LogP contribution in [0.3, 0.4) is 0 Å². The summed E-state index contributed by atoms with van der Waals surface area (Å²) in [7, 11) is 0. The van der Waals surface area contributed by atoms with Crippen LogP contribution in [0.4, 0.5) is 18.0 Å². The maximum absolute atomic E-state index is 13.4. The summed E-state index contributed by atoms with van der Waals surface area (Å²) < 4.78 is 46.0. The highest BCUT2D eigenvalue weighted by Gasteiger charge is 2.40. The maximum atomic E-state index is 13.4. The minimum Gasteiger partial charge on any atom is -0.480 e. The highest BCUT2D eigenvalue weighted by atomic mass is 19.4. The molecular formula is C19H21F3N4O5. The van der Waals surface area contributed by atoms with Gasteiger partial charge in [0, 0.05) is 6.20 Å². The third kappa shape index (κ3) is 6.73. The predicted octanol–water partition coefficient (Wildman–Crippen LogP) is 2.60. The summed E-state index contributed by atoms with van der Waals surface area (Å²) in [5.41, 5.74) is -2.91. The minimum atomic E-state index is -4.96. The molecule has 0 aliphatic heterocycles. The lowest BCUT2D eigenvalue weighted by Gasteiger charge is -2.21. The van der Waals surface area contributed by atoms with Crippen molar-refractivity contribution < 1.29 is 37.4 Å². The third-order valence-corrected chi connectivity index (χ3v) is 3.70. The summed E-state index contributed by atoms with van der Waals surface area (Å²) in [6, 6.07) is 6.07. The van der Waals surface area contributed by atoms with E-state index in [4.69, 9.17) is 4.74 Å². The van der Waals surface area contributed by atoms with Gasteiger partial charge >= 0.3 is 18.2 Å². The Bertz CT molecular complexity index is 952. The second-order valence-electron chi connectivity index (χ2n) is 7.42. The second kappa shape index (κ2) is 9.06. The Morgan fingerprint density at radius 2 is 1.77 bits per heavy atom. The Kier molecular flexibility index (Phi) is 6.93. The SMILES string of the molecule is CC(C)(C)OC(=O)NCC(NC(=O)c1cn(-c2ccccc2)nc1C(F)(F)F)C(=O)O. The number of amides is 2. The number of nitrogens with zero attached hydrogens (tertiary/aromatic N) is 2.